The minimum atomic E-state index is -3.81. The zero-order chi connectivity index (χ0) is 18.8. The van der Waals surface area contributed by atoms with E-state index in [0.717, 1.165) is 16.8 Å². The lowest BCUT2D eigenvalue weighted by Gasteiger charge is -2.10. The molecule has 0 aliphatic heterocycles. The minimum Gasteiger partial charge on any atom is -0.266 e. The fourth-order valence-corrected chi connectivity index (χ4v) is 3.57. The Morgan fingerprint density at radius 2 is 2.00 bits per heavy atom. The van der Waals surface area contributed by atoms with Gasteiger partial charge in [0.2, 0.25) is 10.0 Å². The van der Waals surface area contributed by atoms with Gasteiger partial charge in [-0.2, -0.15) is 0 Å². The molecular weight excluding hydrogens is 354 g/mol. The van der Waals surface area contributed by atoms with Gasteiger partial charge in [0.05, 0.1) is 17.1 Å². The first-order valence-electron chi connectivity index (χ1n) is 7.57. The summed E-state index contributed by atoms with van der Waals surface area (Å²) in [6.45, 7) is 5.07. The minimum absolute atomic E-state index is 0.107. The second kappa shape index (κ2) is 7.26. The number of sulfonamides is 1. The van der Waals surface area contributed by atoms with E-state index in [1.54, 1.807) is 6.92 Å². The number of hydrogen-bond donors (Lipinski definition) is 1. The molecule has 7 nitrogen and oxygen atoms in total. The Bertz CT molecular complexity index is 896. The van der Waals surface area contributed by atoms with Crippen molar-refractivity contribution in [3.05, 3.63) is 41.2 Å². The number of rotatable bonds is 6. The number of carbonyl (C=O) groups is 1. The summed E-state index contributed by atoms with van der Waals surface area (Å²) < 4.78 is 53.4. The largest absolute Gasteiger partial charge is 0.287 e. The van der Waals surface area contributed by atoms with Crippen LogP contribution in [0.2, 0.25) is 0 Å². The Morgan fingerprint density at radius 3 is 2.60 bits per heavy atom. The standard InChI is InChI=1S/C15H18F2N4O3S/c1-4-9(2)8-25(23,24)19-15(22)14-10(3)21(20-18-14)11-5-6-12(16)13(17)7-11/h5-7,9H,4,8H2,1-3H3,(H,19,22). The maximum atomic E-state index is 13.3. The van der Waals surface area contributed by atoms with E-state index in [2.05, 4.69) is 10.3 Å². The first kappa shape index (κ1) is 19.0. The molecule has 0 spiro atoms. The Morgan fingerprint density at radius 1 is 1.32 bits per heavy atom. The van der Waals surface area contributed by atoms with E-state index >= 15 is 0 Å². The lowest BCUT2D eigenvalue weighted by molar-refractivity contribution is 0.0976. The molecule has 0 aliphatic rings. The number of halogens is 2. The van der Waals surface area contributed by atoms with Gasteiger partial charge in [-0.25, -0.2) is 26.6 Å². The van der Waals surface area contributed by atoms with E-state index in [-0.39, 0.29) is 28.7 Å². The van der Waals surface area contributed by atoms with E-state index in [4.69, 9.17) is 0 Å². The van der Waals surface area contributed by atoms with Crippen molar-refractivity contribution in [2.75, 3.05) is 5.75 Å². The average Bonchev–Trinajstić information content (AvgIpc) is 2.90. The second-order valence-corrected chi connectivity index (χ2v) is 7.53. The zero-order valence-electron chi connectivity index (χ0n) is 14.0. The molecule has 136 valence electrons. The number of hydrogen-bond acceptors (Lipinski definition) is 5. The summed E-state index contributed by atoms with van der Waals surface area (Å²) in [5.41, 5.74) is 0.144. The number of nitrogens with one attached hydrogen (secondary N) is 1. The Labute approximate surface area is 144 Å². The number of aromatic nitrogens is 3. The highest BCUT2D eigenvalue weighted by molar-refractivity contribution is 7.90. The molecule has 1 amide bonds. The SMILES string of the molecule is CCC(C)CS(=O)(=O)NC(=O)c1nnn(-c2ccc(F)c(F)c2)c1C. The van der Waals surface area contributed by atoms with Crippen LogP contribution in [0.5, 0.6) is 0 Å². The van der Waals surface area contributed by atoms with Gasteiger partial charge in [0.1, 0.15) is 0 Å². The number of nitrogens with zero attached hydrogens (tertiary/aromatic N) is 3. The molecule has 2 rings (SSSR count). The summed E-state index contributed by atoms with van der Waals surface area (Å²) in [6, 6.07) is 3.09. The molecule has 10 heteroatoms. The molecule has 0 saturated heterocycles. The number of amides is 1. The van der Waals surface area contributed by atoms with Gasteiger partial charge in [0.25, 0.3) is 5.91 Å². The van der Waals surface area contributed by atoms with Crippen LogP contribution in [-0.4, -0.2) is 35.1 Å². The monoisotopic (exact) mass is 372 g/mol. The predicted octanol–water partition coefficient (Wildman–Crippen LogP) is 1.96. The van der Waals surface area contributed by atoms with Gasteiger partial charge in [-0.1, -0.05) is 25.5 Å². The third-order valence-electron chi connectivity index (χ3n) is 3.71. The zero-order valence-corrected chi connectivity index (χ0v) is 14.8. The van der Waals surface area contributed by atoms with E-state index in [1.165, 1.54) is 13.0 Å². The van der Waals surface area contributed by atoms with Crippen LogP contribution in [0.25, 0.3) is 5.69 Å². The van der Waals surface area contributed by atoms with Gasteiger partial charge in [-0.15, -0.1) is 5.10 Å². The molecule has 0 bridgehead atoms. The van der Waals surface area contributed by atoms with E-state index in [1.807, 2.05) is 11.6 Å². The van der Waals surface area contributed by atoms with Crippen molar-refractivity contribution in [3.63, 3.8) is 0 Å². The van der Waals surface area contributed by atoms with Crippen LogP contribution < -0.4 is 4.72 Å². The molecule has 0 radical (unpaired) electrons. The van der Waals surface area contributed by atoms with E-state index < -0.39 is 27.6 Å². The van der Waals surface area contributed by atoms with Crippen molar-refractivity contribution in [1.82, 2.24) is 19.7 Å². The molecule has 0 aliphatic carbocycles. The van der Waals surface area contributed by atoms with Gasteiger partial charge in [0.15, 0.2) is 17.3 Å². The topological polar surface area (TPSA) is 93.9 Å². The fraction of sp³-hybridized carbons (Fsp3) is 0.400. The highest BCUT2D eigenvalue weighted by Crippen LogP contribution is 2.16. The van der Waals surface area contributed by atoms with Crippen LogP contribution in [0.3, 0.4) is 0 Å². The lowest BCUT2D eigenvalue weighted by atomic mass is 10.2. The van der Waals surface area contributed by atoms with Crippen molar-refractivity contribution >= 4 is 15.9 Å². The molecule has 0 fully saturated rings. The normalized spacial score (nSPS) is 12.8. The molecule has 1 heterocycles. The summed E-state index contributed by atoms with van der Waals surface area (Å²) in [4.78, 5) is 12.2. The van der Waals surface area contributed by atoms with Crippen LogP contribution in [0, 0.1) is 24.5 Å². The van der Waals surface area contributed by atoms with Gasteiger partial charge in [0, 0.05) is 6.07 Å². The Hall–Kier alpha value is -2.36. The van der Waals surface area contributed by atoms with Crippen LogP contribution in [-0.2, 0) is 10.0 Å². The highest BCUT2D eigenvalue weighted by Gasteiger charge is 2.23. The van der Waals surface area contributed by atoms with Gasteiger partial charge < -0.3 is 0 Å². The summed E-state index contributed by atoms with van der Waals surface area (Å²) in [7, 11) is -3.81. The van der Waals surface area contributed by atoms with Crippen molar-refractivity contribution in [1.29, 1.82) is 0 Å². The summed E-state index contributed by atoms with van der Waals surface area (Å²) >= 11 is 0. The fourth-order valence-electron chi connectivity index (χ4n) is 2.12. The van der Waals surface area contributed by atoms with E-state index in [0.29, 0.717) is 6.42 Å². The molecule has 2 aromatic rings. The molecule has 1 aromatic heterocycles. The van der Waals surface area contributed by atoms with Crippen LogP contribution in [0.4, 0.5) is 8.78 Å². The Balaban J connectivity index is 2.25. The van der Waals surface area contributed by atoms with Gasteiger partial charge in [-0.3, -0.25) is 4.79 Å². The first-order chi connectivity index (χ1) is 11.6. The molecular formula is C15H18F2N4O3S. The summed E-state index contributed by atoms with van der Waals surface area (Å²) in [5, 5.41) is 7.35. The van der Waals surface area contributed by atoms with Crippen LogP contribution in [0.15, 0.2) is 18.2 Å². The van der Waals surface area contributed by atoms with Crippen molar-refractivity contribution in [2.24, 2.45) is 5.92 Å². The van der Waals surface area contributed by atoms with Crippen molar-refractivity contribution < 1.29 is 22.0 Å². The molecule has 1 unspecified atom stereocenters. The average molecular weight is 372 g/mol. The van der Waals surface area contributed by atoms with Gasteiger partial charge >= 0.3 is 0 Å². The first-order valence-corrected chi connectivity index (χ1v) is 9.22. The quantitative estimate of drug-likeness (QED) is 0.837. The summed E-state index contributed by atoms with van der Waals surface area (Å²) in [6.07, 6.45) is 0.653. The molecule has 1 aromatic carbocycles. The van der Waals surface area contributed by atoms with Crippen LogP contribution >= 0.6 is 0 Å². The van der Waals surface area contributed by atoms with Gasteiger partial charge in [-0.05, 0) is 25.0 Å². The maximum absolute atomic E-state index is 13.3. The molecule has 25 heavy (non-hydrogen) atoms. The Kier molecular flexibility index (Phi) is 5.51. The number of benzene rings is 1. The maximum Gasteiger partial charge on any atom is 0.287 e. The smallest absolute Gasteiger partial charge is 0.266 e. The third kappa shape index (κ3) is 4.38. The predicted molar refractivity (Wildman–Crippen MR) is 86.7 cm³/mol. The van der Waals surface area contributed by atoms with E-state index in [9.17, 15) is 22.0 Å². The van der Waals surface area contributed by atoms with Crippen molar-refractivity contribution in [2.45, 2.75) is 27.2 Å². The molecule has 1 N–H and O–H groups in total. The third-order valence-corrected chi connectivity index (χ3v) is 5.21. The second-order valence-electron chi connectivity index (χ2n) is 5.76. The lowest BCUT2D eigenvalue weighted by Crippen LogP contribution is -2.34. The highest BCUT2D eigenvalue weighted by atomic mass is 32.2. The number of carbonyl (C=O) groups excluding carboxylic acids is 1. The van der Waals surface area contributed by atoms with Crippen molar-refractivity contribution in [3.8, 4) is 5.69 Å². The molecule has 0 saturated carbocycles. The van der Waals surface area contributed by atoms with Crippen LogP contribution in [0.1, 0.15) is 36.5 Å². The molecule has 1 atom stereocenters. The summed E-state index contributed by atoms with van der Waals surface area (Å²) in [5.74, 6) is -3.31.